The van der Waals surface area contributed by atoms with Crippen LogP contribution in [0.15, 0.2) is 29.2 Å². The number of nitrogens with one attached hydrogen (secondary N) is 1. The standard InChI is InChI=1S/C14H22N2O2S/c1-3-10-15-13-8-4-5-9-14(13)19(17,18)16-11-6-7-12(16)2/h4-5,8-9,12,15H,3,6-7,10-11H2,1-2H3. The van der Waals surface area contributed by atoms with E-state index in [-0.39, 0.29) is 6.04 Å². The molecule has 1 fully saturated rings. The molecule has 4 nitrogen and oxygen atoms in total. The molecule has 0 saturated carbocycles. The molecule has 0 amide bonds. The summed E-state index contributed by atoms with van der Waals surface area (Å²) < 4.78 is 27.1. The summed E-state index contributed by atoms with van der Waals surface area (Å²) in [4.78, 5) is 0.400. The highest BCUT2D eigenvalue weighted by atomic mass is 32.2. The van der Waals surface area contributed by atoms with Crippen LogP contribution in [-0.4, -0.2) is 31.9 Å². The number of hydrogen-bond donors (Lipinski definition) is 1. The van der Waals surface area contributed by atoms with E-state index in [9.17, 15) is 8.42 Å². The molecule has 106 valence electrons. The molecule has 1 unspecified atom stereocenters. The van der Waals surface area contributed by atoms with Gasteiger partial charge in [-0.3, -0.25) is 0 Å². The quantitative estimate of drug-likeness (QED) is 0.903. The smallest absolute Gasteiger partial charge is 0.245 e. The number of anilines is 1. The van der Waals surface area contributed by atoms with Gasteiger partial charge in [-0.25, -0.2) is 8.42 Å². The van der Waals surface area contributed by atoms with Crippen LogP contribution in [0.2, 0.25) is 0 Å². The van der Waals surface area contributed by atoms with Crippen LogP contribution in [0.4, 0.5) is 5.69 Å². The highest BCUT2D eigenvalue weighted by Gasteiger charge is 2.33. The molecule has 1 N–H and O–H groups in total. The topological polar surface area (TPSA) is 49.4 Å². The Balaban J connectivity index is 2.34. The molecule has 1 aliphatic rings. The zero-order valence-corrected chi connectivity index (χ0v) is 12.4. The Bertz CT molecular complexity index is 528. The Morgan fingerprint density at radius 3 is 2.74 bits per heavy atom. The number of para-hydroxylation sites is 1. The van der Waals surface area contributed by atoms with Crippen LogP contribution in [0.25, 0.3) is 0 Å². The van der Waals surface area contributed by atoms with E-state index >= 15 is 0 Å². The molecule has 1 aliphatic heterocycles. The van der Waals surface area contributed by atoms with Crippen molar-refractivity contribution in [3.8, 4) is 0 Å². The first-order valence-corrected chi connectivity index (χ1v) is 8.36. The third-order valence-electron chi connectivity index (χ3n) is 3.53. The summed E-state index contributed by atoms with van der Waals surface area (Å²) in [5.74, 6) is 0. The summed E-state index contributed by atoms with van der Waals surface area (Å²) >= 11 is 0. The fourth-order valence-corrected chi connectivity index (χ4v) is 4.36. The molecule has 1 saturated heterocycles. The van der Waals surface area contributed by atoms with Gasteiger partial charge in [0.15, 0.2) is 0 Å². The van der Waals surface area contributed by atoms with E-state index in [0.717, 1.165) is 25.8 Å². The van der Waals surface area contributed by atoms with Crippen molar-refractivity contribution in [1.29, 1.82) is 0 Å². The fraction of sp³-hybridized carbons (Fsp3) is 0.571. The number of sulfonamides is 1. The lowest BCUT2D eigenvalue weighted by Gasteiger charge is -2.22. The summed E-state index contributed by atoms with van der Waals surface area (Å²) in [5, 5.41) is 3.20. The Morgan fingerprint density at radius 2 is 2.11 bits per heavy atom. The molecule has 1 atom stereocenters. The lowest BCUT2D eigenvalue weighted by molar-refractivity contribution is 0.408. The maximum absolute atomic E-state index is 12.7. The van der Waals surface area contributed by atoms with E-state index in [0.29, 0.717) is 17.1 Å². The van der Waals surface area contributed by atoms with Gasteiger partial charge in [0.25, 0.3) is 0 Å². The SMILES string of the molecule is CCCNc1ccccc1S(=O)(=O)N1CCCC1C. The molecule has 0 aromatic heterocycles. The Labute approximate surface area is 115 Å². The van der Waals surface area contributed by atoms with Gasteiger partial charge in [0.2, 0.25) is 10.0 Å². The van der Waals surface area contributed by atoms with Gasteiger partial charge in [0.1, 0.15) is 4.90 Å². The van der Waals surface area contributed by atoms with Crippen molar-refractivity contribution in [2.24, 2.45) is 0 Å². The highest BCUT2D eigenvalue weighted by Crippen LogP contribution is 2.29. The second-order valence-corrected chi connectivity index (χ2v) is 6.89. The molecule has 0 bridgehead atoms. The van der Waals surface area contributed by atoms with E-state index in [1.807, 2.05) is 19.1 Å². The third-order valence-corrected chi connectivity index (χ3v) is 5.60. The minimum Gasteiger partial charge on any atom is -0.384 e. The van der Waals surface area contributed by atoms with E-state index in [4.69, 9.17) is 0 Å². The average Bonchev–Trinajstić information content (AvgIpc) is 2.83. The van der Waals surface area contributed by atoms with Crippen molar-refractivity contribution < 1.29 is 8.42 Å². The molecule has 0 radical (unpaired) electrons. The van der Waals surface area contributed by atoms with Gasteiger partial charge >= 0.3 is 0 Å². The number of rotatable bonds is 5. The summed E-state index contributed by atoms with van der Waals surface area (Å²) in [7, 11) is -3.38. The molecule has 19 heavy (non-hydrogen) atoms. The molecule has 5 heteroatoms. The maximum atomic E-state index is 12.7. The number of hydrogen-bond acceptors (Lipinski definition) is 3. The highest BCUT2D eigenvalue weighted by molar-refractivity contribution is 7.89. The number of nitrogens with zero attached hydrogens (tertiary/aromatic N) is 1. The van der Waals surface area contributed by atoms with Crippen molar-refractivity contribution in [3.63, 3.8) is 0 Å². The molecule has 0 aliphatic carbocycles. The molecule has 0 spiro atoms. The zero-order valence-electron chi connectivity index (χ0n) is 11.6. The van der Waals surface area contributed by atoms with Crippen LogP contribution in [0, 0.1) is 0 Å². The van der Waals surface area contributed by atoms with Crippen LogP contribution in [0.5, 0.6) is 0 Å². The van der Waals surface area contributed by atoms with Crippen LogP contribution in [0.3, 0.4) is 0 Å². The van der Waals surface area contributed by atoms with Crippen molar-refractivity contribution >= 4 is 15.7 Å². The Kier molecular flexibility index (Phi) is 4.47. The molecule has 1 aromatic carbocycles. The minimum atomic E-state index is -3.38. The third kappa shape index (κ3) is 2.92. The molecule has 1 heterocycles. The van der Waals surface area contributed by atoms with Gasteiger partial charge in [0, 0.05) is 19.1 Å². The van der Waals surface area contributed by atoms with Crippen molar-refractivity contribution in [2.45, 2.75) is 44.0 Å². The van der Waals surface area contributed by atoms with Gasteiger partial charge in [0.05, 0.1) is 5.69 Å². The monoisotopic (exact) mass is 282 g/mol. The summed E-state index contributed by atoms with van der Waals surface area (Å²) in [6, 6.07) is 7.28. The second kappa shape index (κ2) is 5.92. The fourth-order valence-electron chi connectivity index (χ4n) is 2.49. The second-order valence-electron chi connectivity index (χ2n) is 5.03. The van der Waals surface area contributed by atoms with Crippen LogP contribution in [0.1, 0.15) is 33.1 Å². The van der Waals surface area contributed by atoms with Crippen LogP contribution >= 0.6 is 0 Å². The van der Waals surface area contributed by atoms with Gasteiger partial charge < -0.3 is 5.32 Å². The number of benzene rings is 1. The first-order chi connectivity index (χ1) is 9.07. The predicted molar refractivity (Wildman–Crippen MR) is 77.8 cm³/mol. The summed E-state index contributed by atoms with van der Waals surface area (Å²) in [6.07, 6.45) is 2.86. The van der Waals surface area contributed by atoms with Crippen LogP contribution < -0.4 is 5.32 Å². The molecular formula is C14H22N2O2S. The van der Waals surface area contributed by atoms with E-state index in [1.54, 1.807) is 16.4 Å². The van der Waals surface area contributed by atoms with Crippen molar-refractivity contribution in [1.82, 2.24) is 4.31 Å². The van der Waals surface area contributed by atoms with E-state index in [1.165, 1.54) is 0 Å². The Morgan fingerprint density at radius 1 is 1.37 bits per heavy atom. The van der Waals surface area contributed by atoms with Gasteiger partial charge in [-0.05, 0) is 38.3 Å². The van der Waals surface area contributed by atoms with Gasteiger partial charge in [-0.15, -0.1) is 0 Å². The summed E-state index contributed by atoms with van der Waals surface area (Å²) in [5.41, 5.74) is 0.712. The van der Waals surface area contributed by atoms with Gasteiger partial charge in [-0.1, -0.05) is 19.1 Å². The summed E-state index contributed by atoms with van der Waals surface area (Å²) in [6.45, 7) is 5.45. The van der Waals surface area contributed by atoms with Crippen LogP contribution in [-0.2, 0) is 10.0 Å². The minimum absolute atomic E-state index is 0.101. The predicted octanol–water partition coefficient (Wildman–Crippen LogP) is 2.68. The lowest BCUT2D eigenvalue weighted by atomic mass is 10.3. The van der Waals surface area contributed by atoms with Gasteiger partial charge in [-0.2, -0.15) is 4.31 Å². The maximum Gasteiger partial charge on any atom is 0.245 e. The zero-order chi connectivity index (χ0) is 13.9. The van der Waals surface area contributed by atoms with E-state index in [2.05, 4.69) is 12.2 Å². The lowest BCUT2D eigenvalue weighted by Crippen LogP contribution is -2.34. The Hall–Kier alpha value is -1.07. The van der Waals surface area contributed by atoms with Crippen molar-refractivity contribution in [2.75, 3.05) is 18.4 Å². The average molecular weight is 282 g/mol. The normalized spacial score (nSPS) is 20.6. The first kappa shape index (κ1) is 14.3. The van der Waals surface area contributed by atoms with Crippen molar-refractivity contribution in [3.05, 3.63) is 24.3 Å². The molecule has 1 aromatic rings. The largest absolute Gasteiger partial charge is 0.384 e. The van der Waals surface area contributed by atoms with E-state index < -0.39 is 10.0 Å². The molecular weight excluding hydrogens is 260 g/mol. The first-order valence-electron chi connectivity index (χ1n) is 6.92. The molecule has 2 rings (SSSR count).